The summed E-state index contributed by atoms with van der Waals surface area (Å²) in [7, 11) is -3.70. The predicted molar refractivity (Wildman–Crippen MR) is 117 cm³/mol. The number of hydrogen-bond donors (Lipinski definition) is 0. The maximum Gasteiger partial charge on any atom is 0.254 e. The van der Waals surface area contributed by atoms with Crippen LogP contribution in [0, 0.1) is 13.8 Å². The molecule has 3 aromatic rings. The lowest BCUT2D eigenvalue weighted by Crippen LogP contribution is -2.50. The first-order chi connectivity index (χ1) is 14.3. The molecule has 0 bridgehead atoms. The third kappa shape index (κ3) is 3.80. The minimum atomic E-state index is -3.70. The number of rotatable bonds is 3. The summed E-state index contributed by atoms with van der Waals surface area (Å²) >= 11 is 6.09. The Labute approximate surface area is 181 Å². The Hall–Kier alpha value is -2.48. The fourth-order valence-corrected chi connectivity index (χ4v) is 5.66. The average molecular weight is 444 g/mol. The minimum absolute atomic E-state index is 0.0951. The Kier molecular flexibility index (Phi) is 5.53. The molecule has 0 atom stereocenters. The van der Waals surface area contributed by atoms with E-state index in [1.807, 2.05) is 32.0 Å². The molecule has 2 aromatic carbocycles. The number of halogens is 1. The van der Waals surface area contributed by atoms with Gasteiger partial charge in [-0.25, -0.2) is 8.42 Å². The van der Waals surface area contributed by atoms with Crippen LogP contribution in [-0.2, 0) is 10.0 Å². The maximum absolute atomic E-state index is 13.3. The zero-order valence-electron chi connectivity index (χ0n) is 16.8. The Morgan fingerprint density at radius 2 is 1.70 bits per heavy atom. The van der Waals surface area contributed by atoms with Crippen LogP contribution in [0.5, 0.6) is 0 Å². The van der Waals surface area contributed by atoms with Crippen molar-refractivity contribution in [3.63, 3.8) is 0 Å². The molecule has 1 aliphatic rings. The molecule has 4 rings (SSSR count). The van der Waals surface area contributed by atoms with Crippen molar-refractivity contribution in [1.29, 1.82) is 0 Å². The molecule has 6 nitrogen and oxygen atoms in total. The number of hydrogen-bond acceptors (Lipinski definition) is 4. The van der Waals surface area contributed by atoms with Gasteiger partial charge >= 0.3 is 0 Å². The normalized spacial score (nSPS) is 15.5. The van der Waals surface area contributed by atoms with Crippen molar-refractivity contribution in [2.24, 2.45) is 0 Å². The largest absolute Gasteiger partial charge is 0.336 e. The van der Waals surface area contributed by atoms with Crippen LogP contribution in [-0.4, -0.2) is 54.7 Å². The monoisotopic (exact) mass is 443 g/mol. The SMILES string of the molecule is Cc1ccc2nc(C)cc(C(=O)N3CCN(S(=O)(=O)c4ccccc4Cl)CC3)c2c1. The number of piperazine rings is 1. The first-order valence-corrected chi connectivity index (χ1v) is 11.5. The van der Waals surface area contributed by atoms with Gasteiger partial charge in [0.1, 0.15) is 4.90 Å². The molecule has 1 aromatic heterocycles. The number of fused-ring (bicyclic) bond motifs is 1. The molecule has 0 aliphatic carbocycles. The molecule has 8 heteroatoms. The summed E-state index contributed by atoms with van der Waals surface area (Å²) < 4.78 is 27.3. The standard InChI is InChI=1S/C22H22ClN3O3S/c1-15-7-8-20-17(13-15)18(14-16(2)24-20)22(27)25-9-11-26(12-10-25)30(28,29)21-6-4-3-5-19(21)23/h3-8,13-14H,9-12H2,1-2H3. The second kappa shape index (κ2) is 7.98. The smallest absolute Gasteiger partial charge is 0.254 e. The Bertz CT molecular complexity index is 1240. The number of amides is 1. The lowest BCUT2D eigenvalue weighted by Gasteiger charge is -2.34. The number of sulfonamides is 1. The van der Waals surface area contributed by atoms with Gasteiger partial charge in [0, 0.05) is 37.3 Å². The predicted octanol–water partition coefficient (Wildman–Crippen LogP) is 3.65. The Morgan fingerprint density at radius 1 is 1.00 bits per heavy atom. The Balaban J connectivity index is 1.57. The van der Waals surface area contributed by atoms with E-state index in [1.54, 1.807) is 29.2 Å². The van der Waals surface area contributed by atoms with Gasteiger partial charge < -0.3 is 4.90 Å². The quantitative estimate of drug-likeness (QED) is 0.619. The second-order valence-electron chi connectivity index (χ2n) is 7.46. The van der Waals surface area contributed by atoms with Crippen LogP contribution in [0.4, 0.5) is 0 Å². The first kappa shape index (κ1) is 20.8. The molecule has 30 heavy (non-hydrogen) atoms. The van der Waals surface area contributed by atoms with Crippen molar-refractivity contribution < 1.29 is 13.2 Å². The van der Waals surface area contributed by atoms with Crippen LogP contribution >= 0.6 is 11.6 Å². The van der Waals surface area contributed by atoms with Gasteiger partial charge in [0.25, 0.3) is 5.91 Å². The zero-order chi connectivity index (χ0) is 21.5. The second-order valence-corrected chi connectivity index (χ2v) is 9.77. The fraction of sp³-hybridized carbons (Fsp3) is 0.273. The molecule has 1 fully saturated rings. The third-order valence-corrected chi connectivity index (χ3v) is 7.70. The average Bonchev–Trinajstić information content (AvgIpc) is 2.73. The molecule has 0 unspecified atom stereocenters. The molecule has 0 N–H and O–H groups in total. The van der Waals surface area contributed by atoms with Crippen molar-refractivity contribution in [1.82, 2.24) is 14.2 Å². The Morgan fingerprint density at radius 3 is 2.40 bits per heavy atom. The fourth-order valence-electron chi connectivity index (χ4n) is 3.74. The van der Waals surface area contributed by atoms with E-state index in [0.717, 1.165) is 22.2 Å². The zero-order valence-corrected chi connectivity index (χ0v) is 18.4. The van der Waals surface area contributed by atoms with E-state index < -0.39 is 10.0 Å². The number of carbonyl (C=O) groups is 1. The van der Waals surface area contributed by atoms with Gasteiger partial charge in [-0.15, -0.1) is 0 Å². The summed E-state index contributed by atoms with van der Waals surface area (Å²) in [5.74, 6) is -0.106. The van der Waals surface area contributed by atoms with Gasteiger partial charge in [0.15, 0.2) is 0 Å². The van der Waals surface area contributed by atoms with Crippen molar-refractivity contribution in [3.05, 3.63) is 70.4 Å². The van der Waals surface area contributed by atoms with Crippen molar-refractivity contribution >= 4 is 38.4 Å². The molecule has 0 spiro atoms. The van der Waals surface area contributed by atoms with E-state index >= 15 is 0 Å². The lowest BCUT2D eigenvalue weighted by atomic mass is 10.0. The highest BCUT2D eigenvalue weighted by Crippen LogP contribution is 2.26. The number of aromatic nitrogens is 1. The summed E-state index contributed by atoms with van der Waals surface area (Å²) in [4.78, 5) is 19.6. The van der Waals surface area contributed by atoms with Gasteiger partial charge in [-0.1, -0.05) is 35.4 Å². The molecule has 0 saturated carbocycles. The highest BCUT2D eigenvalue weighted by molar-refractivity contribution is 7.89. The number of benzene rings is 2. The lowest BCUT2D eigenvalue weighted by molar-refractivity contribution is 0.0699. The first-order valence-electron chi connectivity index (χ1n) is 9.69. The van der Waals surface area contributed by atoms with E-state index in [1.165, 1.54) is 10.4 Å². The number of carbonyl (C=O) groups excluding carboxylic acids is 1. The van der Waals surface area contributed by atoms with Gasteiger partial charge in [-0.3, -0.25) is 9.78 Å². The van der Waals surface area contributed by atoms with Crippen LogP contribution in [0.3, 0.4) is 0 Å². The minimum Gasteiger partial charge on any atom is -0.336 e. The van der Waals surface area contributed by atoms with Crippen LogP contribution in [0.25, 0.3) is 10.9 Å². The molecule has 1 saturated heterocycles. The molecular formula is C22H22ClN3O3S. The van der Waals surface area contributed by atoms with Crippen molar-refractivity contribution in [2.45, 2.75) is 18.7 Å². The van der Waals surface area contributed by atoms with Gasteiger partial charge in [-0.2, -0.15) is 4.31 Å². The van der Waals surface area contributed by atoms with Gasteiger partial charge in [0.05, 0.1) is 16.1 Å². The van der Waals surface area contributed by atoms with E-state index in [-0.39, 0.29) is 28.9 Å². The summed E-state index contributed by atoms with van der Waals surface area (Å²) in [5, 5.41) is 1.02. The number of pyridine rings is 1. The highest BCUT2D eigenvalue weighted by Gasteiger charge is 2.32. The van der Waals surface area contributed by atoms with E-state index in [9.17, 15) is 13.2 Å². The topological polar surface area (TPSA) is 70.6 Å². The molecule has 1 amide bonds. The van der Waals surface area contributed by atoms with Crippen molar-refractivity contribution in [2.75, 3.05) is 26.2 Å². The summed E-state index contributed by atoms with van der Waals surface area (Å²) in [6, 6.07) is 14.1. The van der Waals surface area contributed by atoms with Crippen LogP contribution in [0.1, 0.15) is 21.6 Å². The van der Waals surface area contributed by atoms with Crippen LogP contribution < -0.4 is 0 Å². The third-order valence-electron chi connectivity index (χ3n) is 5.30. The van der Waals surface area contributed by atoms with E-state index in [0.29, 0.717) is 18.7 Å². The summed E-state index contributed by atoms with van der Waals surface area (Å²) in [6.45, 7) is 4.92. The van der Waals surface area contributed by atoms with Gasteiger partial charge in [0.2, 0.25) is 10.0 Å². The number of aryl methyl sites for hydroxylation is 2. The van der Waals surface area contributed by atoms with E-state index in [4.69, 9.17) is 11.6 Å². The highest BCUT2D eigenvalue weighted by atomic mass is 35.5. The molecule has 0 radical (unpaired) electrons. The maximum atomic E-state index is 13.3. The van der Waals surface area contributed by atoms with Gasteiger partial charge in [-0.05, 0) is 44.2 Å². The van der Waals surface area contributed by atoms with Crippen LogP contribution in [0.15, 0.2) is 53.4 Å². The van der Waals surface area contributed by atoms with E-state index in [2.05, 4.69) is 4.98 Å². The van der Waals surface area contributed by atoms with Crippen molar-refractivity contribution in [3.8, 4) is 0 Å². The summed E-state index contributed by atoms with van der Waals surface area (Å²) in [6.07, 6.45) is 0. The van der Waals surface area contributed by atoms with Crippen LogP contribution in [0.2, 0.25) is 5.02 Å². The molecular weight excluding hydrogens is 422 g/mol. The number of nitrogens with zero attached hydrogens (tertiary/aromatic N) is 3. The summed E-state index contributed by atoms with van der Waals surface area (Å²) in [5.41, 5.74) is 3.21. The molecule has 156 valence electrons. The molecule has 1 aliphatic heterocycles. The molecule has 2 heterocycles.